The maximum Gasteiger partial charge on any atom is 0.326 e. The molecule has 26 heavy (non-hydrogen) atoms. The number of carboxylic acid groups (broad SMARTS) is 1. The largest absolute Gasteiger partial charge is 0.480 e. The minimum absolute atomic E-state index is 0.224. The van der Waals surface area contributed by atoms with Gasteiger partial charge in [-0.3, -0.25) is 4.79 Å². The molecule has 1 amide bonds. The topological polar surface area (TPSA) is 75.4 Å². The van der Waals surface area contributed by atoms with Gasteiger partial charge in [0, 0.05) is 17.0 Å². The number of carbonyl (C=O) groups excluding carboxylic acids is 1. The fourth-order valence-corrected chi connectivity index (χ4v) is 4.58. The van der Waals surface area contributed by atoms with E-state index in [4.69, 9.17) is 11.6 Å². The third kappa shape index (κ3) is 2.77. The average Bonchev–Trinajstić information content (AvgIpc) is 3.31. The fraction of sp³-hybridized carbons (Fsp3) is 0.278. The highest BCUT2D eigenvalue weighted by molar-refractivity contribution is 7.20. The lowest BCUT2D eigenvalue weighted by atomic mass is 10.2. The number of likely N-dealkylation sites (tertiary alicyclic amines) is 1. The molecule has 1 N–H and O–H groups in total. The molecule has 1 aliphatic rings. The van der Waals surface area contributed by atoms with Crippen molar-refractivity contribution >= 4 is 45.0 Å². The van der Waals surface area contributed by atoms with E-state index in [9.17, 15) is 14.7 Å². The van der Waals surface area contributed by atoms with Gasteiger partial charge in [-0.05, 0) is 50.1 Å². The number of hydrogen-bond donors (Lipinski definition) is 1. The van der Waals surface area contributed by atoms with E-state index in [-0.39, 0.29) is 5.91 Å². The Bertz CT molecular complexity index is 1010. The zero-order valence-corrected chi connectivity index (χ0v) is 15.5. The predicted octanol–water partition coefficient (Wildman–Crippen LogP) is 3.74. The van der Waals surface area contributed by atoms with Crippen LogP contribution in [0.15, 0.2) is 30.3 Å². The molecule has 1 atom stereocenters. The van der Waals surface area contributed by atoms with Crippen LogP contribution < -0.4 is 0 Å². The predicted molar refractivity (Wildman–Crippen MR) is 100 cm³/mol. The summed E-state index contributed by atoms with van der Waals surface area (Å²) in [5.41, 5.74) is 1.68. The van der Waals surface area contributed by atoms with Gasteiger partial charge in [-0.25, -0.2) is 9.48 Å². The molecule has 0 radical (unpaired) electrons. The molecular formula is C18H16ClN3O3S. The van der Waals surface area contributed by atoms with Crippen molar-refractivity contribution < 1.29 is 14.7 Å². The molecule has 2 aromatic heterocycles. The summed E-state index contributed by atoms with van der Waals surface area (Å²) in [7, 11) is 0. The highest BCUT2D eigenvalue weighted by Gasteiger charge is 2.35. The zero-order chi connectivity index (χ0) is 18.4. The van der Waals surface area contributed by atoms with Crippen LogP contribution in [0.3, 0.4) is 0 Å². The Morgan fingerprint density at radius 2 is 2.04 bits per heavy atom. The highest BCUT2D eigenvalue weighted by Crippen LogP contribution is 2.32. The average molecular weight is 390 g/mol. The molecule has 3 aromatic rings. The summed E-state index contributed by atoms with van der Waals surface area (Å²) in [5, 5.41) is 15.4. The van der Waals surface area contributed by atoms with Crippen LogP contribution in [0.5, 0.6) is 0 Å². The Labute approximate surface area is 158 Å². The van der Waals surface area contributed by atoms with Gasteiger partial charge in [0.05, 0.1) is 16.3 Å². The summed E-state index contributed by atoms with van der Waals surface area (Å²) >= 11 is 7.29. The molecule has 6 nitrogen and oxygen atoms in total. The number of fused-ring (bicyclic) bond motifs is 1. The van der Waals surface area contributed by atoms with Gasteiger partial charge >= 0.3 is 5.97 Å². The number of rotatable bonds is 3. The van der Waals surface area contributed by atoms with Crippen molar-refractivity contribution in [2.75, 3.05) is 6.54 Å². The molecule has 1 fully saturated rings. The van der Waals surface area contributed by atoms with E-state index < -0.39 is 12.0 Å². The third-order valence-electron chi connectivity index (χ3n) is 4.63. The minimum atomic E-state index is -0.944. The lowest BCUT2D eigenvalue weighted by Crippen LogP contribution is -2.40. The molecule has 0 bridgehead atoms. The standard InChI is InChI=1S/C18H16ClN3O3S/c1-10-13-9-15(16(23)21-8-2-3-14(21)18(24)25)26-17(13)22(20-10)12-6-4-11(19)5-7-12/h4-7,9,14H,2-3,8H2,1H3,(H,24,25)/t14-/m0/s1. The van der Waals surface area contributed by atoms with Crippen LogP contribution in [-0.2, 0) is 4.79 Å². The van der Waals surface area contributed by atoms with Crippen LogP contribution in [0.1, 0.15) is 28.2 Å². The number of benzene rings is 1. The molecule has 8 heteroatoms. The van der Waals surface area contributed by atoms with Gasteiger partial charge < -0.3 is 10.0 Å². The van der Waals surface area contributed by atoms with Crippen molar-refractivity contribution in [1.29, 1.82) is 0 Å². The SMILES string of the molecule is Cc1nn(-c2ccc(Cl)cc2)c2sc(C(=O)N3CCC[C@H]3C(=O)O)cc12. The zero-order valence-electron chi connectivity index (χ0n) is 14.0. The Morgan fingerprint density at radius 1 is 1.31 bits per heavy atom. The Kier molecular flexibility index (Phi) is 4.20. The maximum atomic E-state index is 12.9. The number of hydrogen-bond acceptors (Lipinski definition) is 4. The summed E-state index contributed by atoms with van der Waals surface area (Å²) in [5.74, 6) is -1.17. The second-order valence-corrected chi connectivity index (χ2v) is 7.77. The summed E-state index contributed by atoms with van der Waals surface area (Å²) < 4.78 is 1.79. The van der Waals surface area contributed by atoms with Crippen LogP contribution in [0.2, 0.25) is 5.02 Å². The van der Waals surface area contributed by atoms with Crippen LogP contribution in [0.4, 0.5) is 0 Å². The van der Waals surface area contributed by atoms with Gasteiger partial charge in [-0.15, -0.1) is 11.3 Å². The lowest BCUT2D eigenvalue weighted by Gasteiger charge is -2.20. The van der Waals surface area contributed by atoms with Gasteiger partial charge in [0.15, 0.2) is 0 Å². The maximum absolute atomic E-state index is 12.9. The van der Waals surface area contributed by atoms with E-state index in [0.29, 0.717) is 29.3 Å². The molecule has 1 saturated heterocycles. The van der Waals surface area contributed by atoms with Crippen LogP contribution >= 0.6 is 22.9 Å². The number of amides is 1. The number of halogens is 1. The molecule has 0 spiro atoms. The molecule has 0 saturated carbocycles. The van der Waals surface area contributed by atoms with Crippen molar-refractivity contribution in [3.8, 4) is 5.69 Å². The fourth-order valence-electron chi connectivity index (χ4n) is 3.32. The van der Waals surface area contributed by atoms with Crippen LogP contribution in [0, 0.1) is 6.92 Å². The van der Waals surface area contributed by atoms with E-state index in [0.717, 1.165) is 21.6 Å². The quantitative estimate of drug-likeness (QED) is 0.740. The number of aliphatic carboxylic acids is 1. The third-order valence-corrected chi connectivity index (χ3v) is 5.98. The van der Waals surface area contributed by atoms with Crippen molar-refractivity contribution in [2.45, 2.75) is 25.8 Å². The molecular weight excluding hydrogens is 374 g/mol. The lowest BCUT2D eigenvalue weighted by molar-refractivity contribution is -0.141. The molecule has 134 valence electrons. The highest BCUT2D eigenvalue weighted by atomic mass is 35.5. The summed E-state index contributed by atoms with van der Waals surface area (Å²) in [4.78, 5) is 27.1. The van der Waals surface area contributed by atoms with Crippen molar-refractivity contribution in [3.63, 3.8) is 0 Å². The number of nitrogens with zero attached hydrogens (tertiary/aromatic N) is 3. The Morgan fingerprint density at radius 3 is 2.73 bits per heavy atom. The molecule has 1 aromatic carbocycles. The number of aromatic nitrogens is 2. The van der Waals surface area contributed by atoms with E-state index in [1.807, 2.05) is 25.1 Å². The number of aryl methyl sites for hydroxylation is 1. The number of carboxylic acids is 1. The smallest absolute Gasteiger partial charge is 0.326 e. The van der Waals surface area contributed by atoms with Gasteiger partial charge in [0.2, 0.25) is 0 Å². The van der Waals surface area contributed by atoms with E-state index in [1.165, 1.54) is 16.2 Å². The van der Waals surface area contributed by atoms with E-state index in [1.54, 1.807) is 16.8 Å². The monoisotopic (exact) mass is 389 g/mol. The Hall–Kier alpha value is -2.38. The number of thiophene rings is 1. The second-order valence-electron chi connectivity index (χ2n) is 6.30. The molecule has 4 rings (SSSR count). The molecule has 3 heterocycles. The van der Waals surface area contributed by atoms with Gasteiger partial charge in [-0.1, -0.05) is 11.6 Å². The normalized spacial score (nSPS) is 17.2. The van der Waals surface area contributed by atoms with Crippen LogP contribution in [0.25, 0.3) is 15.9 Å². The molecule has 0 unspecified atom stereocenters. The first-order valence-electron chi connectivity index (χ1n) is 8.24. The second kappa shape index (κ2) is 6.41. The van der Waals surface area contributed by atoms with Crippen molar-refractivity contribution in [3.05, 3.63) is 45.9 Å². The first kappa shape index (κ1) is 17.1. The van der Waals surface area contributed by atoms with E-state index >= 15 is 0 Å². The minimum Gasteiger partial charge on any atom is -0.480 e. The van der Waals surface area contributed by atoms with Crippen molar-refractivity contribution in [2.24, 2.45) is 0 Å². The Balaban J connectivity index is 1.74. The van der Waals surface area contributed by atoms with Gasteiger partial charge in [-0.2, -0.15) is 5.10 Å². The molecule has 0 aliphatic carbocycles. The summed E-state index contributed by atoms with van der Waals surface area (Å²) in [6, 6.07) is 8.41. The van der Waals surface area contributed by atoms with E-state index in [2.05, 4.69) is 5.10 Å². The number of carbonyl (C=O) groups is 2. The van der Waals surface area contributed by atoms with Crippen LogP contribution in [-0.4, -0.2) is 44.3 Å². The first-order valence-corrected chi connectivity index (χ1v) is 9.44. The summed E-state index contributed by atoms with van der Waals surface area (Å²) in [6.45, 7) is 2.37. The van der Waals surface area contributed by atoms with Gasteiger partial charge in [0.1, 0.15) is 10.9 Å². The molecule has 1 aliphatic heterocycles. The van der Waals surface area contributed by atoms with Crippen molar-refractivity contribution in [1.82, 2.24) is 14.7 Å². The first-order chi connectivity index (χ1) is 12.5. The van der Waals surface area contributed by atoms with Gasteiger partial charge in [0.25, 0.3) is 5.91 Å². The summed E-state index contributed by atoms with van der Waals surface area (Å²) in [6.07, 6.45) is 1.22.